The zero-order chi connectivity index (χ0) is 15.7. The predicted octanol–water partition coefficient (Wildman–Crippen LogP) is 4.35. The molecule has 1 heterocycles. The highest BCUT2D eigenvalue weighted by molar-refractivity contribution is 6.42. The Bertz CT molecular complexity index is 934. The molecule has 0 aliphatic rings. The van der Waals surface area contributed by atoms with E-state index in [1.807, 2.05) is 0 Å². The SMILES string of the molecule is O=C(Nc1ccc(Cl)c(Cl)c1)c1cc2ccccc2oc1=O. The molecule has 0 atom stereocenters. The zero-order valence-corrected chi connectivity index (χ0v) is 12.6. The Hall–Kier alpha value is -2.30. The molecule has 2 aromatic carbocycles. The van der Waals surface area contributed by atoms with Gasteiger partial charge in [0.1, 0.15) is 11.1 Å². The minimum atomic E-state index is -0.698. The van der Waals surface area contributed by atoms with Gasteiger partial charge < -0.3 is 9.73 Å². The fourth-order valence-electron chi connectivity index (χ4n) is 1.99. The van der Waals surface area contributed by atoms with Gasteiger partial charge in [-0.3, -0.25) is 4.79 Å². The normalized spacial score (nSPS) is 10.6. The van der Waals surface area contributed by atoms with Gasteiger partial charge in [0.25, 0.3) is 5.91 Å². The first kappa shape index (κ1) is 14.6. The summed E-state index contributed by atoms with van der Waals surface area (Å²) in [4.78, 5) is 24.1. The lowest BCUT2D eigenvalue weighted by Crippen LogP contribution is -2.20. The van der Waals surface area contributed by atoms with Gasteiger partial charge in [0, 0.05) is 11.1 Å². The third-order valence-electron chi connectivity index (χ3n) is 3.06. The van der Waals surface area contributed by atoms with Crippen LogP contribution in [0.5, 0.6) is 0 Å². The molecule has 22 heavy (non-hydrogen) atoms. The van der Waals surface area contributed by atoms with Crippen LogP contribution in [0.2, 0.25) is 10.0 Å². The molecule has 0 spiro atoms. The monoisotopic (exact) mass is 333 g/mol. The predicted molar refractivity (Wildman–Crippen MR) is 86.9 cm³/mol. The number of fused-ring (bicyclic) bond motifs is 1. The van der Waals surface area contributed by atoms with Gasteiger partial charge in [-0.25, -0.2) is 4.79 Å². The van der Waals surface area contributed by atoms with E-state index >= 15 is 0 Å². The van der Waals surface area contributed by atoms with Gasteiger partial charge in [-0.15, -0.1) is 0 Å². The van der Waals surface area contributed by atoms with Crippen LogP contribution in [0, 0.1) is 0 Å². The van der Waals surface area contributed by atoms with Gasteiger partial charge in [-0.2, -0.15) is 0 Å². The van der Waals surface area contributed by atoms with E-state index in [0.717, 1.165) is 0 Å². The number of anilines is 1. The highest BCUT2D eigenvalue weighted by Gasteiger charge is 2.14. The van der Waals surface area contributed by atoms with Gasteiger partial charge in [0.2, 0.25) is 0 Å². The van der Waals surface area contributed by atoms with E-state index in [0.29, 0.717) is 26.7 Å². The second-order valence-corrected chi connectivity index (χ2v) is 5.38. The fourth-order valence-corrected chi connectivity index (χ4v) is 2.29. The number of carbonyl (C=O) groups is 1. The van der Waals surface area contributed by atoms with Crippen molar-refractivity contribution in [3.63, 3.8) is 0 Å². The van der Waals surface area contributed by atoms with E-state index < -0.39 is 11.5 Å². The molecule has 1 N–H and O–H groups in total. The largest absolute Gasteiger partial charge is 0.422 e. The van der Waals surface area contributed by atoms with E-state index in [1.54, 1.807) is 36.4 Å². The van der Waals surface area contributed by atoms with Crippen LogP contribution in [0.15, 0.2) is 57.7 Å². The molecule has 6 heteroatoms. The van der Waals surface area contributed by atoms with Gasteiger partial charge in [-0.1, -0.05) is 41.4 Å². The van der Waals surface area contributed by atoms with E-state index in [4.69, 9.17) is 27.6 Å². The molecule has 0 aliphatic heterocycles. The molecule has 0 saturated heterocycles. The average molecular weight is 334 g/mol. The minimum absolute atomic E-state index is 0.0789. The Kier molecular flexibility index (Phi) is 3.88. The van der Waals surface area contributed by atoms with Crippen molar-refractivity contribution in [1.29, 1.82) is 0 Å². The van der Waals surface area contributed by atoms with Crippen molar-refractivity contribution < 1.29 is 9.21 Å². The number of hydrogen-bond donors (Lipinski definition) is 1. The summed E-state index contributed by atoms with van der Waals surface area (Å²) in [5.41, 5.74) is 0.0894. The summed E-state index contributed by atoms with van der Waals surface area (Å²) in [6, 6.07) is 13.1. The van der Waals surface area contributed by atoms with E-state index in [-0.39, 0.29) is 5.56 Å². The minimum Gasteiger partial charge on any atom is -0.422 e. The maximum atomic E-state index is 12.2. The fraction of sp³-hybridized carbons (Fsp3) is 0. The molecule has 3 rings (SSSR count). The molecule has 0 saturated carbocycles. The Morgan fingerprint density at radius 2 is 1.77 bits per heavy atom. The van der Waals surface area contributed by atoms with E-state index in [1.165, 1.54) is 12.1 Å². The lowest BCUT2D eigenvalue weighted by Gasteiger charge is -2.06. The molecule has 1 aromatic heterocycles. The van der Waals surface area contributed by atoms with Gasteiger partial charge in [0.15, 0.2) is 0 Å². The van der Waals surface area contributed by atoms with Crippen LogP contribution < -0.4 is 10.9 Å². The summed E-state index contributed by atoms with van der Waals surface area (Å²) in [6.07, 6.45) is 0. The van der Waals surface area contributed by atoms with Crippen LogP contribution in [0.3, 0.4) is 0 Å². The number of halogens is 2. The molecule has 0 bridgehead atoms. The lowest BCUT2D eigenvalue weighted by atomic mass is 10.1. The van der Waals surface area contributed by atoms with Crippen molar-refractivity contribution in [2.24, 2.45) is 0 Å². The number of nitrogens with one attached hydrogen (secondary N) is 1. The quantitative estimate of drug-likeness (QED) is 0.709. The summed E-state index contributed by atoms with van der Waals surface area (Å²) in [5.74, 6) is -0.571. The molecule has 0 unspecified atom stereocenters. The smallest absolute Gasteiger partial charge is 0.349 e. The first-order chi connectivity index (χ1) is 10.5. The topological polar surface area (TPSA) is 59.3 Å². The van der Waals surface area contributed by atoms with Crippen LogP contribution >= 0.6 is 23.2 Å². The molecule has 0 fully saturated rings. The van der Waals surface area contributed by atoms with Crippen molar-refractivity contribution >= 4 is 45.8 Å². The molecule has 4 nitrogen and oxygen atoms in total. The molecular formula is C16H9Cl2NO3. The second kappa shape index (κ2) is 5.83. The number of para-hydroxylation sites is 1. The second-order valence-electron chi connectivity index (χ2n) is 4.57. The van der Waals surface area contributed by atoms with Crippen molar-refractivity contribution in [3.8, 4) is 0 Å². The average Bonchev–Trinajstić information content (AvgIpc) is 2.50. The Labute approximate surface area is 135 Å². The number of carbonyl (C=O) groups excluding carboxylic acids is 1. The number of hydrogen-bond acceptors (Lipinski definition) is 3. The van der Waals surface area contributed by atoms with Crippen LogP contribution in [0.25, 0.3) is 11.0 Å². The lowest BCUT2D eigenvalue weighted by molar-refractivity contribution is 0.102. The van der Waals surface area contributed by atoms with Crippen molar-refractivity contribution in [2.75, 3.05) is 5.32 Å². The van der Waals surface area contributed by atoms with Crippen molar-refractivity contribution in [3.05, 3.63) is 74.6 Å². The standard InChI is InChI=1S/C16H9Cl2NO3/c17-12-6-5-10(8-13(12)18)19-15(20)11-7-9-3-1-2-4-14(9)22-16(11)21/h1-8H,(H,19,20). The maximum absolute atomic E-state index is 12.2. The number of rotatable bonds is 2. The summed E-state index contributed by atoms with van der Waals surface area (Å²) >= 11 is 11.7. The van der Waals surface area contributed by atoms with Crippen LogP contribution in [0.4, 0.5) is 5.69 Å². The summed E-state index contributed by atoms with van der Waals surface area (Å²) in [7, 11) is 0. The summed E-state index contributed by atoms with van der Waals surface area (Å²) < 4.78 is 5.13. The molecule has 0 radical (unpaired) electrons. The van der Waals surface area contributed by atoms with Crippen molar-refractivity contribution in [1.82, 2.24) is 0 Å². The zero-order valence-electron chi connectivity index (χ0n) is 11.1. The molecular weight excluding hydrogens is 325 g/mol. The first-order valence-corrected chi connectivity index (χ1v) is 7.09. The molecule has 0 aliphatic carbocycles. The Morgan fingerprint density at radius 1 is 1.00 bits per heavy atom. The number of benzene rings is 2. The van der Waals surface area contributed by atoms with Crippen molar-refractivity contribution in [2.45, 2.75) is 0 Å². The third-order valence-corrected chi connectivity index (χ3v) is 3.80. The van der Waals surface area contributed by atoms with Gasteiger partial charge in [0.05, 0.1) is 10.0 Å². The highest BCUT2D eigenvalue weighted by Crippen LogP contribution is 2.25. The van der Waals surface area contributed by atoms with Crippen LogP contribution in [-0.4, -0.2) is 5.91 Å². The van der Waals surface area contributed by atoms with Crippen LogP contribution in [0.1, 0.15) is 10.4 Å². The molecule has 110 valence electrons. The molecule has 3 aromatic rings. The van der Waals surface area contributed by atoms with E-state index in [9.17, 15) is 9.59 Å². The third kappa shape index (κ3) is 2.84. The first-order valence-electron chi connectivity index (χ1n) is 6.34. The Balaban J connectivity index is 1.96. The van der Waals surface area contributed by atoms with E-state index in [2.05, 4.69) is 5.32 Å². The molecule has 1 amide bonds. The number of amides is 1. The highest BCUT2D eigenvalue weighted by atomic mass is 35.5. The summed E-state index contributed by atoms with van der Waals surface area (Å²) in [5, 5.41) is 3.95. The van der Waals surface area contributed by atoms with Crippen LogP contribution in [-0.2, 0) is 0 Å². The maximum Gasteiger partial charge on any atom is 0.349 e. The summed E-state index contributed by atoms with van der Waals surface area (Å²) in [6.45, 7) is 0. The Morgan fingerprint density at radius 3 is 2.55 bits per heavy atom. The van der Waals surface area contributed by atoms with Gasteiger partial charge >= 0.3 is 5.63 Å². The van der Waals surface area contributed by atoms with Gasteiger partial charge in [-0.05, 0) is 30.3 Å².